The third kappa shape index (κ3) is 4.79. The summed E-state index contributed by atoms with van der Waals surface area (Å²) in [6, 6.07) is 13.0. The first-order valence-corrected chi connectivity index (χ1v) is 8.25. The predicted molar refractivity (Wildman–Crippen MR) is 92.4 cm³/mol. The maximum atomic E-state index is 11.9. The van der Waals surface area contributed by atoms with E-state index < -0.39 is 0 Å². The van der Waals surface area contributed by atoms with E-state index in [-0.39, 0.29) is 19.3 Å². The van der Waals surface area contributed by atoms with Gasteiger partial charge in [-0.25, -0.2) is 0 Å². The summed E-state index contributed by atoms with van der Waals surface area (Å²) in [6.45, 7) is 3.32. The van der Waals surface area contributed by atoms with Gasteiger partial charge in [-0.05, 0) is 55.3 Å². The van der Waals surface area contributed by atoms with Crippen LogP contribution in [0.5, 0.6) is 23.0 Å². The molecule has 0 aliphatic carbocycles. The second-order valence-corrected chi connectivity index (χ2v) is 5.48. The summed E-state index contributed by atoms with van der Waals surface area (Å²) in [5.41, 5.74) is 1.08. The van der Waals surface area contributed by atoms with Gasteiger partial charge >= 0.3 is 0 Å². The van der Waals surface area contributed by atoms with Crippen molar-refractivity contribution in [1.29, 1.82) is 0 Å². The first-order valence-electron chi connectivity index (χ1n) is 8.25. The Morgan fingerprint density at radius 2 is 1.76 bits per heavy atom. The van der Waals surface area contributed by atoms with Crippen molar-refractivity contribution in [3.8, 4) is 23.0 Å². The molecular weight excluding hydrogens is 322 g/mol. The van der Waals surface area contributed by atoms with E-state index in [2.05, 4.69) is 5.32 Å². The average molecular weight is 343 g/mol. The van der Waals surface area contributed by atoms with E-state index in [0.29, 0.717) is 25.3 Å². The molecule has 0 bridgehead atoms. The highest BCUT2D eigenvalue weighted by molar-refractivity contribution is 5.77. The molecule has 0 fully saturated rings. The van der Waals surface area contributed by atoms with Crippen LogP contribution in [-0.2, 0) is 11.2 Å². The van der Waals surface area contributed by atoms with E-state index >= 15 is 0 Å². The van der Waals surface area contributed by atoms with E-state index in [1.807, 2.05) is 37.3 Å². The fourth-order valence-electron chi connectivity index (χ4n) is 2.44. The maximum absolute atomic E-state index is 11.9. The van der Waals surface area contributed by atoms with Crippen LogP contribution in [0, 0.1) is 0 Å². The third-order valence-corrected chi connectivity index (χ3v) is 3.68. The van der Waals surface area contributed by atoms with E-state index in [9.17, 15) is 4.79 Å². The Bertz CT molecular complexity index is 714. The molecule has 6 heteroatoms. The number of carbonyl (C=O) groups is 1. The van der Waals surface area contributed by atoms with Crippen LogP contribution in [0.15, 0.2) is 42.5 Å². The number of carbonyl (C=O) groups excluding carboxylic acids is 1. The van der Waals surface area contributed by atoms with Crippen molar-refractivity contribution in [2.75, 3.05) is 26.6 Å². The van der Waals surface area contributed by atoms with Crippen LogP contribution in [0.3, 0.4) is 0 Å². The van der Waals surface area contributed by atoms with E-state index in [4.69, 9.17) is 18.9 Å². The van der Waals surface area contributed by atoms with Crippen LogP contribution in [0.4, 0.5) is 0 Å². The van der Waals surface area contributed by atoms with Crippen molar-refractivity contribution in [3.05, 3.63) is 48.0 Å². The maximum Gasteiger partial charge on any atom is 0.257 e. The van der Waals surface area contributed by atoms with Gasteiger partial charge < -0.3 is 24.3 Å². The molecule has 1 N–H and O–H groups in total. The molecule has 0 spiro atoms. The molecule has 1 heterocycles. The molecule has 2 aromatic carbocycles. The zero-order chi connectivity index (χ0) is 17.5. The molecule has 0 unspecified atom stereocenters. The molecule has 1 aliphatic rings. The number of hydrogen-bond donors (Lipinski definition) is 1. The summed E-state index contributed by atoms with van der Waals surface area (Å²) in [5.74, 6) is 2.77. The van der Waals surface area contributed by atoms with Gasteiger partial charge in [0.05, 0.1) is 6.61 Å². The van der Waals surface area contributed by atoms with Crippen molar-refractivity contribution in [2.24, 2.45) is 0 Å². The summed E-state index contributed by atoms with van der Waals surface area (Å²) in [4.78, 5) is 11.9. The quantitative estimate of drug-likeness (QED) is 0.798. The first-order chi connectivity index (χ1) is 12.2. The number of fused-ring (bicyclic) bond motifs is 1. The van der Waals surface area contributed by atoms with E-state index in [1.165, 1.54) is 0 Å². The smallest absolute Gasteiger partial charge is 0.257 e. The van der Waals surface area contributed by atoms with Crippen LogP contribution in [0.1, 0.15) is 12.5 Å². The van der Waals surface area contributed by atoms with Gasteiger partial charge in [-0.15, -0.1) is 0 Å². The zero-order valence-electron chi connectivity index (χ0n) is 14.1. The Morgan fingerprint density at radius 1 is 1.04 bits per heavy atom. The molecule has 0 atom stereocenters. The normalized spacial score (nSPS) is 11.9. The lowest BCUT2D eigenvalue weighted by Crippen LogP contribution is -2.30. The molecule has 0 saturated carbocycles. The Kier molecular flexibility index (Phi) is 5.61. The Hall–Kier alpha value is -2.89. The molecular formula is C19H21NO5. The molecule has 0 aromatic heterocycles. The van der Waals surface area contributed by atoms with E-state index in [1.54, 1.807) is 12.1 Å². The number of hydrogen-bond acceptors (Lipinski definition) is 5. The Labute approximate surface area is 146 Å². The molecule has 132 valence electrons. The largest absolute Gasteiger partial charge is 0.494 e. The molecule has 25 heavy (non-hydrogen) atoms. The Balaban J connectivity index is 1.38. The molecule has 0 saturated heterocycles. The fraction of sp³-hybridized carbons (Fsp3) is 0.316. The topological polar surface area (TPSA) is 66.0 Å². The van der Waals surface area contributed by atoms with Gasteiger partial charge in [-0.2, -0.15) is 0 Å². The molecule has 1 amide bonds. The van der Waals surface area contributed by atoms with Crippen LogP contribution in [0.2, 0.25) is 0 Å². The highest BCUT2D eigenvalue weighted by Gasteiger charge is 2.13. The van der Waals surface area contributed by atoms with Crippen LogP contribution in [-0.4, -0.2) is 32.5 Å². The number of nitrogens with one attached hydrogen (secondary N) is 1. The second kappa shape index (κ2) is 8.28. The standard InChI is InChI=1S/C19H21NO5/c1-2-22-15-4-6-16(7-5-15)23-12-19(21)20-10-9-14-3-8-17-18(11-14)25-13-24-17/h3-8,11H,2,9-10,12-13H2,1H3,(H,20,21). The first kappa shape index (κ1) is 17.0. The Morgan fingerprint density at radius 3 is 2.52 bits per heavy atom. The van der Waals surface area contributed by atoms with Crippen molar-refractivity contribution in [1.82, 2.24) is 5.32 Å². The SMILES string of the molecule is CCOc1ccc(OCC(=O)NCCc2ccc3c(c2)OCO3)cc1. The summed E-state index contributed by atoms with van der Waals surface area (Å²) in [5, 5.41) is 2.84. The lowest BCUT2D eigenvalue weighted by molar-refractivity contribution is -0.123. The zero-order valence-corrected chi connectivity index (χ0v) is 14.1. The molecule has 1 aliphatic heterocycles. The van der Waals surface area contributed by atoms with Crippen molar-refractivity contribution < 1.29 is 23.7 Å². The van der Waals surface area contributed by atoms with Crippen LogP contribution < -0.4 is 24.3 Å². The van der Waals surface area contributed by atoms with Crippen LogP contribution >= 0.6 is 0 Å². The number of amides is 1. The van der Waals surface area contributed by atoms with Gasteiger partial charge in [-0.1, -0.05) is 6.07 Å². The average Bonchev–Trinajstić information content (AvgIpc) is 3.09. The van der Waals surface area contributed by atoms with Gasteiger partial charge in [0, 0.05) is 6.54 Å². The lowest BCUT2D eigenvalue weighted by atomic mass is 10.1. The minimum Gasteiger partial charge on any atom is -0.494 e. The second-order valence-electron chi connectivity index (χ2n) is 5.48. The number of ether oxygens (including phenoxy) is 4. The van der Waals surface area contributed by atoms with Crippen molar-refractivity contribution in [2.45, 2.75) is 13.3 Å². The van der Waals surface area contributed by atoms with Gasteiger partial charge in [-0.3, -0.25) is 4.79 Å². The summed E-state index contributed by atoms with van der Waals surface area (Å²) in [7, 11) is 0. The monoisotopic (exact) mass is 343 g/mol. The summed E-state index contributed by atoms with van der Waals surface area (Å²) < 4.78 is 21.4. The van der Waals surface area contributed by atoms with E-state index in [0.717, 1.165) is 22.8 Å². The number of benzene rings is 2. The highest BCUT2D eigenvalue weighted by atomic mass is 16.7. The predicted octanol–water partition coefficient (Wildman–Crippen LogP) is 2.55. The molecule has 6 nitrogen and oxygen atoms in total. The van der Waals surface area contributed by atoms with Gasteiger partial charge in [0.1, 0.15) is 11.5 Å². The summed E-state index contributed by atoms with van der Waals surface area (Å²) in [6.07, 6.45) is 0.714. The van der Waals surface area contributed by atoms with Crippen molar-refractivity contribution in [3.63, 3.8) is 0 Å². The molecule has 3 rings (SSSR count). The third-order valence-electron chi connectivity index (χ3n) is 3.68. The highest BCUT2D eigenvalue weighted by Crippen LogP contribution is 2.32. The molecule has 0 radical (unpaired) electrons. The minimum absolute atomic E-state index is 0.0187. The van der Waals surface area contributed by atoms with Gasteiger partial charge in [0.25, 0.3) is 5.91 Å². The number of rotatable bonds is 8. The minimum atomic E-state index is -0.158. The van der Waals surface area contributed by atoms with Gasteiger partial charge in [0.2, 0.25) is 6.79 Å². The van der Waals surface area contributed by atoms with Crippen molar-refractivity contribution >= 4 is 5.91 Å². The fourth-order valence-corrected chi connectivity index (χ4v) is 2.44. The van der Waals surface area contributed by atoms with Crippen LogP contribution in [0.25, 0.3) is 0 Å². The summed E-state index contributed by atoms with van der Waals surface area (Å²) >= 11 is 0. The molecule has 2 aromatic rings. The van der Waals surface area contributed by atoms with Gasteiger partial charge in [0.15, 0.2) is 18.1 Å². The lowest BCUT2D eigenvalue weighted by Gasteiger charge is -2.09.